The molecule has 0 fully saturated rings. The summed E-state index contributed by atoms with van der Waals surface area (Å²) >= 11 is 0. The molecule has 2 heterocycles. The van der Waals surface area contributed by atoms with E-state index < -0.39 is 0 Å². The Labute approximate surface area is 123 Å². The summed E-state index contributed by atoms with van der Waals surface area (Å²) in [5.41, 5.74) is 3.92. The van der Waals surface area contributed by atoms with Gasteiger partial charge in [0.15, 0.2) is 5.65 Å². The normalized spacial score (nSPS) is 11.1. The highest BCUT2D eigenvalue weighted by Crippen LogP contribution is 2.15. The highest BCUT2D eigenvalue weighted by Gasteiger charge is 2.10. The van der Waals surface area contributed by atoms with Gasteiger partial charge in [0.1, 0.15) is 11.8 Å². The van der Waals surface area contributed by atoms with Gasteiger partial charge in [-0.1, -0.05) is 30.3 Å². The van der Waals surface area contributed by atoms with Crippen molar-refractivity contribution in [3.05, 3.63) is 54.2 Å². The maximum absolute atomic E-state index is 5.39. The van der Waals surface area contributed by atoms with Crippen molar-refractivity contribution in [3.8, 4) is 0 Å². The third-order valence-corrected chi connectivity index (χ3v) is 3.36. The van der Waals surface area contributed by atoms with Crippen molar-refractivity contribution in [1.29, 1.82) is 0 Å². The van der Waals surface area contributed by atoms with E-state index in [1.165, 1.54) is 5.56 Å². The minimum Gasteiger partial charge on any atom is -0.381 e. The number of imidazole rings is 1. The second-order valence-electron chi connectivity index (χ2n) is 4.80. The molecule has 1 aromatic carbocycles. The van der Waals surface area contributed by atoms with E-state index in [1.807, 2.05) is 31.5 Å². The van der Waals surface area contributed by atoms with Gasteiger partial charge in [0.05, 0.1) is 25.2 Å². The van der Waals surface area contributed by atoms with Gasteiger partial charge in [0, 0.05) is 13.0 Å². The van der Waals surface area contributed by atoms with Crippen LogP contribution in [0.4, 0.5) is 0 Å². The van der Waals surface area contributed by atoms with Gasteiger partial charge in [-0.05, 0) is 12.5 Å². The summed E-state index contributed by atoms with van der Waals surface area (Å²) < 4.78 is 7.45. The van der Waals surface area contributed by atoms with E-state index in [0.717, 1.165) is 36.4 Å². The molecule has 0 radical (unpaired) electrons. The van der Waals surface area contributed by atoms with Crippen LogP contribution in [0, 0.1) is 0 Å². The summed E-state index contributed by atoms with van der Waals surface area (Å²) in [5, 5.41) is 0. The van der Waals surface area contributed by atoms with Crippen LogP contribution in [0.5, 0.6) is 0 Å². The van der Waals surface area contributed by atoms with Crippen molar-refractivity contribution < 1.29 is 4.74 Å². The fraction of sp³-hybridized carbons (Fsp3) is 0.312. The van der Waals surface area contributed by atoms with Gasteiger partial charge in [0.2, 0.25) is 0 Å². The monoisotopic (exact) mass is 282 g/mol. The molecule has 0 N–H and O–H groups in total. The summed E-state index contributed by atoms with van der Waals surface area (Å²) in [7, 11) is 0. The van der Waals surface area contributed by atoms with E-state index in [0.29, 0.717) is 6.61 Å². The Morgan fingerprint density at radius 3 is 2.76 bits per heavy atom. The van der Waals surface area contributed by atoms with Crippen LogP contribution < -0.4 is 0 Å². The summed E-state index contributed by atoms with van der Waals surface area (Å²) in [6.07, 6.45) is 4.19. The molecule has 0 amide bonds. The maximum Gasteiger partial charge on any atom is 0.163 e. The first-order valence-corrected chi connectivity index (χ1v) is 7.15. The molecule has 0 spiro atoms. The molecule has 0 aliphatic rings. The molecule has 5 nitrogen and oxygen atoms in total. The highest BCUT2D eigenvalue weighted by atomic mass is 16.5. The van der Waals surface area contributed by atoms with Gasteiger partial charge in [0.25, 0.3) is 0 Å². The van der Waals surface area contributed by atoms with Crippen LogP contribution >= 0.6 is 0 Å². The zero-order valence-corrected chi connectivity index (χ0v) is 12.1. The third kappa shape index (κ3) is 3.08. The van der Waals surface area contributed by atoms with Crippen LogP contribution in [0.15, 0.2) is 43.0 Å². The average molecular weight is 282 g/mol. The maximum atomic E-state index is 5.39. The molecule has 0 unspecified atom stereocenters. The largest absolute Gasteiger partial charge is 0.381 e. The smallest absolute Gasteiger partial charge is 0.163 e. The molecule has 0 atom stereocenters. The molecule has 0 saturated carbocycles. The highest BCUT2D eigenvalue weighted by molar-refractivity contribution is 5.73. The van der Waals surface area contributed by atoms with Crippen molar-refractivity contribution in [2.75, 3.05) is 13.2 Å². The van der Waals surface area contributed by atoms with Crippen molar-refractivity contribution in [1.82, 2.24) is 19.5 Å². The van der Waals surface area contributed by atoms with E-state index in [1.54, 1.807) is 6.33 Å². The Balaban J connectivity index is 1.86. The number of hydrogen-bond donors (Lipinski definition) is 0. The van der Waals surface area contributed by atoms with Crippen LogP contribution in [0.25, 0.3) is 11.2 Å². The Kier molecular flexibility index (Phi) is 4.21. The molecular weight excluding hydrogens is 264 g/mol. The second-order valence-corrected chi connectivity index (χ2v) is 4.80. The van der Waals surface area contributed by atoms with Crippen LogP contribution in [-0.2, 0) is 17.7 Å². The van der Waals surface area contributed by atoms with Gasteiger partial charge in [-0.15, -0.1) is 0 Å². The minimum atomic E-state index is 0.661. The topological polar surface area (TPSA) is 52.8 Å². The summed E-state index contributed by atoms with van der Waals surface area (Å²) in [4.78, 5) is 13.2. The first-order valence-electron chi connectivity index (χ1n) is 7.15. The lowest BCUT2D eigenvalue weighted by Gasteiger charge is -2.05. The SMILES string of the molecule is CCOCCc1ncnc2c1ncn2Cc1ccccc1. The Hall–Kier alpha value is -2.27. The molecular formula is C16H18N4O. The fourth-order valence-electron chi connectivity index (χ4n) is 2.32. The predicted molar refractivity (Wildman–Crippen MR) is 81.1 cm³/mol. The van der Waals surface area contributed by atoms with Crippen molar-refractivity contribution in [2.24, 2.45) is 0 Å². The zero-order chi connectivity index (χ0) is 14.5. The third-order valence-electron chi connectivity index (χ3n) is 3.36. The summed E-state index contributed by atoms with van der Waals surface area (Å²) in [6, 6.07) is 10.3. The van der Waals surface area contributed by atoms with E-state index in [-0.39, 0.29) is 0 Å². The van der Waals surface area contributed by atoms with Crippen molar-refractivity contribution in [3.63, 3.8) is 0 Å². The van der Waals surface area contributed by atoms with E-state index in [2.05, 4.69) is 31.7 Å². The standard InChI is InChI=1S/C16H18N4O/c1-2-21-9-8-14-15-16(18-11-17-14)20(12-19-15)10-13-6-4-3-5-7-13/h3-7,11-12H,2,8-10H2,1H3. The molecule has 0 aliphatic carbocycles. The molecule has 0 aliphatic heterocycles. The van der Waals surface area contributed by atoms with Crippen LogP contribution in [0.3, 0.4) is 0 Å². The summed E-state index contributed by atoms with van der Waals surface area (Å²) in [6.45, 7) is 4.13. The lowest BCUT2D eigenvalue weighted by Crippen LogP contribution is -2.03. The van der Waals surface area contributed by atoms with Gasteiger partial charge in [-0.2, -0.15) is 0 Å². The van der Waals surface area contributed by atoms with E-state index >= 15 is 0 Å². The fourth-order valence-corrected chi connectivity index (χ4v) is 2.32. The molecule has 3 rings (SSSR count). The Bertz CT molecular complexity index is 709. The number of hydrogen-bond acceptors (Lipinski definition) is 4. The Morgan fingerprint density at radius 1 is 1.10 bits per heavy atom. The molecule has 2 aromatic heterocycles. The quantitative estimate of drug-likeness (QED) is 0.652. The second kappa shape index (κ2) is 6.45. The van der Waals surface area contributed by atoms with Gasteiger partial charge in [-0.3, -0.25) is 0 Å². The first kappa shape index (κ1) is 13.7. The van der Waals surface area contributed by atoms with Crippen molar-refractivity contribution in [2.45, 2.75) is 19.9 Å². The Morgan fingerprint density at radius 2 is 1.95 bits per heavy atom. The molecule has 5 heteroatoms. The van der Waals surface area contributed by atoms with Gasteiger partial charge < -0.3 is 9.30 Å². The number of rotatable bonds is 6. The lowest BCUT2D eigenvalue weighted by molar-refractivity contribution is 0.150. The molecule has 0 bridgehead atoms. The van der Waals surface area contributed by atoms with Crippen LogP contribution in [0.2, 0.25) is 0 Å². The van der Waals surface area contributed by atoms with E-state index in [4.69, 9.17) is 4.74 Å². The van der Waals surface area contributed by atoms with Crippen molar-refractivity contribution >= 4 is 11.2 Å². The van der Waals surface area contributed by atoms with E-state index in [9.17, 15) is 0 Å². The number of benzene rings is 1. The number of fused-ring (bicyclic) bond motifs is 1. The first-order chi connectivity index (χ1) is 10.4. The zero-order valence-electron chi connectivity index (χ0n) is 12.1. The number of aromatic nitrogens is 4. The van der Waals surface area contributed by atoms with Gasteiger partial charge in [-0.25, -0.2) is 15.0 Å². The predicted octanol–water partition coefficient (Wildman–Crippen LogP) is 2.45. The average Bonchev–Trinajstić information content (AvgIpc) is 2.93. The number of nitrogens with zero attached hydrogens (tertiary/aromatic N) is 4. The molecule has 108 valence electrons. The van der Waals surface area contributed by atoms with Crippen LogP contribution in [-0.4, -0.2) is 32.7 Å². The lowest BCUT2D eigenvalue weighted by atomic mass is 10.2. The van der Waals surface area contributed by atoms with Crippen LogP contribution in [0.1, 0.15) is 18.2 Å². The molecule has 3 aromatic rings. The number of ether oxygens (including phenoxy) is 1. The summed E-state index contributed by atoms with van der Waals surface area (Å²) in [5.74, 6) is 0. The van der Waals surface area contributed by atoms with Gasteiger partial charge >= 0.3 is 0 Å². The minimum absolute atomic E-state index is 0.661. The molecule has 21 heavy (non-hydrogen) atoms. The molecule has 0 saturated heterocycles.